The van der Waals surface area contributed by atoms with Crippen molar-refractivity contribution in [1.29, 1.82) is 0 Å². The highest BCUT2D eigenvalue weighted by molar-refractivity contribution is 5.78. The number of aliphatic hydroxyl groups is 1. The van der Waals surface area contributed by atoms with Gasteiger partial charge in [0.25, 0.3) is 0 Å². The molecule has 1 atom stereocenters. The Morgan fingerprint density at radius 2 is 1.80 bits per heavy atom. The van der Waals surface area contributed by atoms with E-state index >= 15 is 0 Å². The molecular weight excluding hydrogens is 372 g/mol. The van der Waals surface area contributed by atoms with Crippen molar-refractivity contribution < 1.29 is 10.2 Å². The lowest BCUT2D eigenvalue weighted by molar-refractivity contribution is 0.146. The molecule has 0 aliphatic rings. The van der Waals surface area contributed by atoms with Crippen molar-refractivity contribution in [1.82, 2.24) is 9.55 Å². The van der Waals surface area contributed by atoms with E-state index in [4.69, 9.17) is 0 Å². The minimum absolute atomic E-state index is 0.0487. The molecule has 1 unspecified atom stereocenters. The first-order chi connectivity index (χ1) is 14.3. The molecule has 164 valence electrons. The third-order valence-corrected chi connectivity index (χ3v) is 4.51. The predicted molar refractivity (Wildman–Crippen MR) is 128 cm³/mol. The van der Waals surface area contributed by atoms with E-state index in [9.17, 15) is 10.2 Å². The summed E-state index contributed by atoms with van der Waals surface area (Å²) in [7, 11) is 0. The van der Waals surface area contributed by atoms with Crippen LogP contribution in [0.2, 0.25) is 0 Å². The molecule has 0 aliphatic heterocycles. The van der Waals surface area contributed by atoms with Gasteiger partial charge in [-0.15, -0.1) is 6.58 Å². The molecule has 1 aromatic heterocycles. The molecule has 0 amide bonds. The van der Waals surface area contributed by atoms with Gasteiger partial charge in [-0.05, 0) is 68.9 Å². The lowest BCUT2D eigenvalue weighted by Crippen LogP contribution is -2.06. The van der Waals surface area contributed by atoms with Crippen LogP contribution >= 0.6 is 0 Å². The van der Waals surface area contributed by atoms with Gasteiger partial charge in [0.1, 0.15) is 12.1 Å². The number of hydrogen-bond donors (Lipinski definition) is 2. The number of phenolic OH excluding ortho intramolecular Hbond substituents is 1. The molecule has 0 radical (unpaired) electrons. The monoisotopic (exact) mass is 410 g/mol. The van der Waals surface area contributed by atoms with Gasteiger partial charge < -0.3 is 10.2 Å². The van der Waals surface area contributed by atoms with E-state index in [1.807, 2.05) is 36.6 Å². The maximum atomic E-state index is 9.49. The van der Waals surface area contributed by atoms with Gasteiger partial charge in [0.05, 0.1) is 22.8 Å². The molecule has 3 aromatic rings. The smallest absolute Gasteiger partial charge is 0.117 e. The van der Waals surface area contributed by atoms with Crippen LogP contribution in [0.3, 0.4) is 0 Å². The molecule has 0 aliphatic carbocycles. The topological polar surface area (TPSA) is 58.3 Å². The molecule has 2 aromatic carbocycles. The lowest BCUT2D eigenvalue weighted by atomic mass is 10.0. The Labute approximate surface area is 181 Å². The summed E-state index contributed by atoms with van der Waals surface area (Å²) in [5, 5.41) is 18.8. The first-order valence-electron chi connectivity index (χ1n) is 10.8. The maximum Gasteiger partial charge on any atom is 0.117 e. The Balaban J connectivity index is 0.000000298. The average molecular weight is 411 g/mol. The first kappa shape index (κ1) is 25.4. The Morgan fingerprint density at radius 1 is 1.10 bits per heavy atom. The fourth-order valence-electron chi connectivity index (χ4n) is 2.97. The second-order valence-electron chi connectivity index (χ2n) is 7.95. The van der Waals surface area contributed by atoms with Crippen molar-refractivity contribution in [2.24, 2.45) is 5.92 Å². The maximum absolute atomic E-state index is 9.49. The Kier molecular flexibility index (Phi) is 11.5. The van der Waals surface area contributed by atoms with Gasteiger partial charge in [-0.3, -0.25) is 4.57 Å². The zero-order valence-corrected chi connectivity index (χ0v) is 19.2. The van der Waals surface area contributed by atoms with Gasteiger partial charge in [0.15, 0.2) is 0 Å². The van der Waals surface area contributed by atoms with E-state index in [0.717, 1.165) is 48.3 Å². The molecule has 4 heteroatoms. The first-order valence-corrected chi connectivity index (χ1v) is 10.8. The number of benzene rings is 2. The molecule has 1 heterocycles. The molecule has 2 N–H and O–H groups in total. The minimum atomic E-state index is -0.0487. The fraction of sp³-hybridized carbons (Fsp3) is 0.423. The second-order valence-corrected chi connectivity index (χ2v) is 7.95. The van der Waals surface area contributed by atoms with Gasteiger partial charge in [-0.25, -0.2) is 4.98 Å². The second kappa shape index (κ2) is 13.6. The van der Waals surface area contributed by atoms with E-state index in [0.29, 0.717) is 0 Å². The molecule has 4 nitrogen and oxygen atoms in total. The van der Waals surface area contributed by atoms with Crippen LogP contribution in [0.25, 0.3) is 16.7 Å². The average Bonchev–Trinajstić information content (AvgIpc) is 3.11. The lowest BCUT2D eigenvalue weighted by Gasteiger charge is -2.09. The number of nitrogens with zero attached hydrogens (tertiary/aromatic N) is 2. The summed E-state index contributed by atoms with van der Waals surface area (Å²) in [6, 6.07) is 13.3. The molecule has 0 saturated heterocycles. The van der Waals surface area contributed by atoms with Crippen LogP contribution in [0.4, 0.5) is 0 Å². The van der Waals surface area contributed by atoms with E-state index in [-0.39, 0.29) is 11.9 Å². The number of hydrogen-bond acceptors (Lipinski definition) is 3. The van der Waals surface area contributed by atoms with Crippen LogP contribution in [-0.2, 0) is 0 Å². The standard InChI is InChI=1S/C14H12N2O.C9H20O.C3H6/c1-10-5-6-14-13(7-10)15-9-16(14)11-3-2-4-12(17)8-11;1-4-5-9(10)7-6-8(2)3;1-3-2/h2-9,17H,1H3;8-10H,4-7H2,1-3H3;3H,1H2,2H3. The van der Waals surface area contributed by atoms with Gasteiger partial charge >= 0.3 is 0 Å². The number of phenols is 1. The van der Waals surface area contributed by atoms with Crippen LogP contribution < -0.4 is 0 Å². The number of rotatable bonds is 6. The number of allylic oxidation sites excluding steroid dienone is 1. The summed E-state index contributed by atoms with van der Waals surface area (Å²) in [5.74, 6) is 0.989. The largest absolute Gasteiger partial charge is 0.508 e. The van der Waals surface area contributed by atoms with Crippen LogP contribution in [0.1, 0.15) is 58.9 Å². The van der Waals surface area contributed by atoms with E-state index < -0.39 is 0 Å². The number of aromatic hydroxyl groups is 1. The van der Waals surface area contributed by atoms with E-state index in [1.165, 1.54) is 5.56 Å². The number of fused-ring (bicyclic) bond motifs is 1. The summed E-state index contributed by atoms with van der Waals surface area (Å²) in [5.41, 5.74) is 4.12. The molecule has 0 bridgehead atoms. The number of aliphatic hydroxyl groups excluding tert-OH is 1. The van der Waals surface area contributed by atoms with Crippen LogP contribution in [-0.4, -0.2) is 25.9 Å². The minimum Gasteiger partial charge on any atom is -0.508 e. The molecular formula is C26H38N2O2. The van der Waals surface area contributed by atoms with E-state index in [2.05, 4.69) is 44.5 Å². The third-order valence-electron chi connectivity index (χ3n) is 4.51. The highest BCUT2D eigenvalue weighted by atomic mass is 16.3. The summed E-state index contributed by atoms with van der Waals surface area (Å²) in [6.45, 7) is 13.8. The van der Waals surface area contributed by atoms with Gasteiger partial charge in [0, 0.05) is 6.07 Å². The normalized spacial score (nSPS) is 11.3. The highest BCUT2D eigenvalue weighted by Gasteiger charge is 2.05. The number of imidazole rings is 1. The number of aryl methyl sites for hydroxylation is 1. The number of aromatic nitrogens is 2. The summed E-state index contributed by atoms with van der Waals surface area (Å²) < 4.78 is 1.97. The van der Waals surface area contributed by atoms with Crippen molar-refractivity contribution in [2.45, 2.75) is 66.4 Å². The van der Waals surface area contributed by atoms with Crippen LogP contribution in [0.15, 0.2) is 61.4 Å². The van der Waals surface area contributed by atoms with Crippen molar-refractivity contribution in [3.05, 3.63) is 67.0 Å². The quantitative estimate of drug-likeness (QED) is 0.439. The summed E-state index contributed by atoms with van der Waals surface area (Å²) in [6.07, 6.45) is 7.67. The van der Waals surface area contributed by atoms with Gasteiger partial charge in [-0.1, -0.05) is 45.4 Å². The fourth-order valence-corrected chi connectivity index (χ4v) is 2.97. The Bertz CT molecular complexity index is 884. The molecule has 0 saturated carbocycles. The molecule has 30 heavy (non-hydrogen) atoms. The molecule has 3 rings (SSSR count). The molecule has 0 fully saturated rings. The summed E-state index contributed by atoms with van der Waals surface area (Å²) in [4.78, 5) is 4.37. The van der Waals surface area contributed by atoms with Crippen molar-refractivity contribution in [3.8, 4) is 11.4 Å². The SMILES string of the molecule is C=CC.CCCC(O)CCC(C)C.Cc1ccc2c(c1)ncn2-c1cccc(O)c1. The Morgan fingerprint density at radius 3 is 2.40 bits per heavy atom. The van der Waals surface area contributed by atoms with Crippen LogP contribution in [0.5, 0.6) is 5.75 Å². The zero-order chi connectivity index (χ0) is 22.5. The van der Waals surface area contributed by atoms with Crippen molar-refractivity contribution >= 4 is 11.0 Å². The van der Waals surface area contributed by atoms with Crippen molar-refractivity contribution in [3.63, 3.8) is 0 Å². The van der Waals surface area contributed by atoms with E-state index in [1.54, 1.807) is 24.5 Å². The van der Waals surface area contributed by atoms with Crippen molar-refractivity contribution in [2.75, 3.05) is 0 Å². The highest BCUT2D eigenvalue weighted by Crippen LogP contribution is 2.21. The predicted octanol–water partition coefficient (Wildman–Crippen LogP) is 6.82. The van der Waals surface area contributed by atoms with Gasteiger partial charge in [-0.2, -0.15) is 0 Å². The Hall–Kier alpha value is -2.59. The van der Waals surface area contributed by atoms with Gasteiger partial charge in [0.2, 0.25) is 0 Å². The molecule has 0 spiro atoms. The van der Waals surface area contributed by atoms with Crippen LogP contribution in [0, 0.1) is 12.8 Å². The third kappa shape index (κ3) is 8.83. The summed E-state index contributed by atoms with van der Waals surface area (Å²) >= 11 is 0. The zero-order valence-electron chi connectivity index (χ0n) is 19.2.